The van der Waals surface area contributed by atoms with Gasteiger partial charge in [-0.15, -0.1) is 0 Å². The van der Waals surface area contributed by atoms with Crippen molar-refractivity contribution in [1.82, 2.24) is 0 Å². The molecule has 0 aliphatic carbocycles. The molecule has 3 rings (SSSR count). The third-order valence-electron chi connectivity index (χ3n) is 7.25. The van der Waals surface area contributed by atoms with Gasteiger partial charge in [-0.05, 0) is 10.8 Å². The first-order valence-corrected chi connectivity index (χ1v) is 20.5. The second-order valence-corrected chi connectivity index (χ2v) is 21.6. The van der Waals surface area contributed by atoms with Gasteiger partial charge >= 0.3 is 209 Å². The first-order chi connectivity index (χ1) is 17.7. The molecular weight excluding hydrogens is 681 g/mol. The molecule has 0 aliphatic rings. The average molecular weight is 724 g/mol. The van der Waals surface area contributed by atoms with Gasteiger partial charge in [-0.2, -0.15) is 0 Å². The number of alkyl halides is 1. The van der Waals surface area contributed by atoms with E-state index >= 15 is 0 Å². The van der Waals surface area contributed by atoms with E-state index in [1.165, 1.54) is 91.0 Å². The van der Waals surface area contributed by atoms with Gasteiger partial charge in [-0.25, -0.2) is 0 Å². The molecule has 0 amide bonds. The van der Waals surface area contributed by atoms with Gasteiger partial charge in [-0.1, -0.05) is 29.0 Å². The average Bonchev–Trinajstić information content (AvgIpc) is 2.94. The Morgan fingerprint density at radius 1 is 0.472 bits per heavy atom. The van der Waals surface area contributed by atoms with Crippen molar-refractivity contribution in [2.45, 2.75) is 70.6 Å². The topological polar surface area (TPSA) is 0 Å². The Hall–Kier alpha value is -0.710. The summed E-state index contributed by atoms with van der Waals surface area (Å²) in [4.78, 5) is 0. The van der Waals surface area contributed by atoms with Crippen LogP contribution in [0.2, 0.25) is 0 Å². The van der Waals surface area contributed by atoms with E-state index in [0.717, 1.165) is 6.16 Å². The van der Waals surface area contributed by atoms with Crippen LogP contribution in [-0.4, -0.2) is 10.6 Å². The van der Waals surface area contributed by atoms with E-state index in [1.807, 2.05) is 0 Å². The number of hydrogen-bond donors (Lipinski definition) is 0. The monoisotopic (exact) mass is 724 g/mol. The van der Waals surface area contributed by atoms with Gasteiger partial charge in [0.2, 0.25) is 0 Å². The van der Waals surface area contributed by atoms with Crippen molar-refractivity contribution in [3.8, 4) is 0 Å². The van der Waals surface area contributed by atoms with E-state index < -0.39 is 4.25 Å². The SMILES string of the molecule is ICCCCCCCCCCCCC=CCP(I)(c1ccccc1)(c1ccccc1)c1ccccc1. The Morgan fingerprint density at radius 3 is 1.22 bits per heavy atom. The van der Waals surface area contributed by atoms with Crippen LogP contribution in [0, 0.1) is 0 Å². The third kappa shape index (κ3) is 8.14. The fourth-order valence-electron chi connectivity index (χ4n) is 5.14. The van der Waals surface area contributed by atoms with Crippen molar-refractivity contribution >= 4 is 64.8 Å². The quantitative estimate of drug-likeness (QED) is 0.0428. The minimum atomic E-state index is -2.66. The van der Waals surface area contributed by atoms with Crippen molar-refractivity contribution in [3.05, 3.63) is 103 Å². The zero-order valence-corrected chi connectivity index (χ0v) is 26.9. The van der Waals surface area contributed by atoms with Crippen LogP contribution in [0.1, 0.15) is 70.6 Å². The fraction of sp³-hybridized carbons (Fsp3) is 0.394. The van der Waals surface area contributed by atoms with Crippen molar-refractivity contribution in [2.75, 3.05) is 10.6 Å². The molecular formula is C33H43I2P. The van der Waals surface area contributed by atoms with E-state index in [1.54, 1.807) is 0 Å². The Balaban J connectivity index is 1.61. The Labute approximate surface area is 247 Å². The number of hydrogen-bond acceptors (Lipinski definition) is 0. The van der Waals surface area contributed by atoms with Gasteiger partial charge in [0.1, 0.15) is 0 Å². The Kier molecular flexibility index (Phi) is 13.5. The van der Waals surface area contributed by atoms with Crippen LogP contribution in [0.5, 0.6) is 0 Å². The van der Waals surface area contributed by atoms with Gasteiger partial charge < -0.3 is 0 Å². The summed E-state index contributed by atoms with van der Waals surface area (Å²) >= 11 is 5.37. The van der Waals surface area contributed by atoms with Crippen LogP contribution in [0.3, 0.4) is 0 Å². The van der Waals surface area contributed by atoms with E-state index in [9.17, 15) is 0 Å². The van der Waals surface area contributed by atoms with E-state index in [-0.39, 0.29) is 0 Å². The molecule has 0 saturated heterocycles. The van der Waals surface area contributed by atoms with Crippen molar-refractivity contribution in [3.63, 3.8) is 0 Å². The van der Waals surface area contributed by atoms with Crippen molar-refractivity contribution in [2.24, 2.45) is 0 Å². The molecule has 3 aromatic carbocycles. The van der Waals surface area contributed by atoms with E-state index in [0.29, 0.717) is 0 Å². The maximum absolute atomic E-state index is 2.88. The summed E-state index contributed by atoms with van der Waals surface area (Å²) in [5, 5.41) is 4.38. The Morgan fingerprint density at radius 2 is 0.833 bits per heavy atom. The summed E-state index contributed by atoms with van der Waals surface area (Å²) in [7, 11) is 0. The van der Waals surface area contributed by atoms with Crippen LogP contribution in [0.4, 0.5) is 0 Å². The molecule has 0 aromatic heterocycles. The second kappa shape index (κ2) is 16.3. The maximum atomic E-state index is 2.88. The molecule has 3 aromatic rings. The molecule has 0 radical (unpaired) electrons. The number of halogens is 2. The molecule has 0 atom stereocenters. The van der Waals surface area contributed by atoms with Crippen molar-refractivity contribution in [1.29, 1.82) is 0 Å². The summed E-state index contributed by atoms with van der Waals surface area (Å²) in [6.45, 7) is 0. The van der Waals surface area contributed by atoms with Crippen LogP contribution >= 0.6 is 48.9 Å². The number of rotatable bonds is 17. The summed E-state index contributed by atoms with van der Waals surface area (Å²) in [5.41, 5.74) is 0. The second-order valence-electron chi connectivity index (χ2n) is 9.86. The first kappa shape index (κ1) is 29.8. The molecule has 0 nitrogen and oxygen atoms in total. The normalized spacial score (nSPS) is 13.0. The molecule has 0 spiro atoms. The predicted molar refractivity (Wildman–Crippen MR) is 183 cm³/mol. The van der Waals surface area contributed by atoms with Gasteiger partial charge in [0, 0.05) is 0 Å². The van der Waals surface area contributed by atoms with E-state index in [2.05, 4.69) is 148 Å². The molecule has 0 saturated carbocycles. The predicted octanol–water partition coefficient (Wildman–Crippen LogP) is 10.1. The summed E-state index contributed by atoms with van der Waals surface area (Å²) in [6, 6.07) is 33.7. The van der Waals surface area contributed by atoms with E-state index in [4.69, 9.17) is 0 Å². The Bertz CT molecular complexity index is 902. The number of allylic oxidation sites excluding steroid dienone is 2. The summed E-state index contributed by atoms with van der Waals surface area (Å²) in [6.07, 6.45) is 21.2. The van der Waals surface area contributed by atoms with Crippen LogP contribution in [0.15, 0.2) is 103 Å². The molecule has 3 heteroatoms. The van der Waals surface area contributed by atoms with Gasteiger partial charge in [0.25, 0.3) is 0 Å². The summed E-state index contributed by atoms with van der Waals surface area (Å²) < 4.78 is -1.34. The molecule has 0 heterocycles. The number of benzene rings is 3. The molecule has 194 valence electrons. The standard InChI is InChI=1S/C33H43I2P/c34-29-21-10-8-6-4-2-1-3-5-7-9-11-22-30-36(35,31-23-15-12-16-24-31,32-25-17-13-18-26-32)33-27-19-14-20-28-33/h11-20,22-28H,1-10,21,29-30H2. The fourth-order valence-corrected chi connectivity index (χ4v) is 13.7. The number of unbranched alkanes of at least 4 members (excludes halogenated alkanes) is 10. The minimum absolute atomic E-state index is 1.06. The van der Waals surface area contributed by atoms with Gasteiger partial charge in [0.15, 0.2) is 0 Å². The van der Waals surface area contributed by atoms with Gasteiger partial charge in [0.05, 0.1) is 0 Å². The molecule has 0 aliphatic heterocycles. The van der Waals surface area contributed by atoms with Crippen LogP contribution in [0.25, 0.3) is 0 Å². The van der Waals surface area contributed by atoms with Crippen LogP contribution < -0.4 is 15.9 Å². The zero-order valence-electron chi connectivity index (χ0n) is 21.7. The van der Waals surface area contributed by atoms with Gasteiger partial charge in [-0.3, -0.25) is 0 Å². The molecule has 0 N–H and O–H groups in total. The zero-order chi connectivity index (χ0) is 25.4. The molecule has 0 fully saturated rings. The molecule has 36 heavy (non-hydrogen) atoms. The van der Waals surface area contributed by atoms with Crippen LogP contribution in [-0.2, 0) is 0 Å². The first-order valence-electron chi connectivity index (χ1n) is 13.8. The summed E-state index contributed by atoms with van der Waals surface area (Å²) in [5.74, 6) is 0. The third-order valence-corrected chi connectivity index (χ3v) is 19.2. The molecule has 0 unspecified atom stereocenters. The van der Waals surface area contributed by atoms with Crippen molar-refractivity contribution < 1.29 is 0 Å². The molecule has 0 bridgehead atoms.